The van der Waals surface area contributed by atoms with Crippen LogP contribution in [-0.4, -0.2) is 96.7 Å². The Labute approximate surface area is 619 Å². The van der Waals surface area contributed by atoms with Crippen LogP contribution < -0.4 is 0 Å². The van der Waals surface area contributed by atoms with Gasteiger partial charge in [-0.15, -0.1) is 0 Å². The van der Waals surface area contributed by atoms with E-state index in [-0.39, 0.29) is 25.7 Å². The molecule has 0 fully saturated rings. The topological polar surface area (TPSA) is 237 Å². The van der Waals surface area contributed by atoms with Gasteiger partial charge in [0.05, 0.1) is 26.4 Å². The Kier molecular flexibility index (Phi) is 72.2. The van der Waals surface area contributed by atoms with Gasteiger partial charge in [-0.05, 0) is 37.5 Å². The first-order valence-corrected chi connectivity index (χ1v) is 45.5. The lowest BCUT2D eigenvalue weighted by molar-refractivity contribution is -0.161. The molecule has 2 unspecified atom stereocenters. The maximum atomic E-state index is 13.1. The summed E-state index contributed by atoms with van der Waals surface area (Å²) in [7, 11) is -9.91. The minimum Gasteiger partial charge on any atom is -0.462 e. The fraction of sp³-hybridized carbons (Fsp3) is 0.951. The molecule has 0 bridgehead atoms. The SMILES string of the molecule is CCCCCCCCCCCCCCCCCCCCCCCC(=O)OC[C@H](COP(=O)(O)OC[C@@H](O)COP(=O)(O)OC[C@@H](COC(=O)CCCCCCCCC(C)C)OC(=O)CCCCCCCCCCCC)OC(=O)CCCCCCCCCCCCCCCCCCCCC(C)C. The van der Waals surface area contributed by atoms with E-state index < -0.39 is 97.5 Å². The van der Waals surface area contributed by atoms with Gasteiger partial charge in [0.25, 0.3) is 0 Å². The van der Waals surface area contributed by atoms with E-state index in [2.05, 4.69) is 41.5 Å². The van der Waals surface area contributed by atoms with Gasteiger partial charge in [-0.1, -0.05) is 382 Å². The number of aliphatic hydroxyl groups excluding tert-OH is 1. The van der Waals surface area contributed by atoms with E-state index >= 15 is 0 Å². The summed E-state index contributed by atoms with van der Waals surface area (Å²) < 4.78 is 68.6. The van der Waals surface area contributed by atoms with E-state index in [4.69, 9.17) is 37.0 Å². The highest BCUT2D eigenvalue weighted by Crippen LogP contribution is 2.45. The molecule has 0 aliphatic heterocycles. The smallest absolute Gasteiger partial charge is 0.462 e. The molecule has 0 saturated heterocycles. The van der Waals surface area contributed by atoms with Crippen molar-refractivity contribution in [1.29, 1.82) is 0 Å². The molecule has 0 aliphatic carbocycles. The highest BCUT2D eigenvalue weighted by atomic mass is 31.2. The number of carbonyl (C=O) groups excluding carboxylic acids is 4. The molecule has 19 heteroatoms. The number of phosphoric ester groups is 2. The van der Waals surface area contributed by atoms with Gasteiger partial charge in [0.15, 0.2) is 12.2 Å². The highest BCUT2D eigenvalue weighted by Gasteiger charge is 2.30. The summed E-state index contributed by atoms with van der Waals surface area (Å²) >= 11 is 0. The van der Waals surface area contributed by atoms with Crippen molar-refractivity contribution in [3.63, 3.8) is 0 Å². The molecule has 3 N–H and O–H groups in total. The van der Waals surface area contributed by atoms with E-state index in [1.54, 1.807) is 0 Å². The molecule has 5 atom stereocenters. The van der Waals surface area contributed by atoms with Gasteiger partial charge in [-0.3, -0.25) is 37.3 Å². The quantitative estimate of drug-likeness (QED) is 0.0222. The van der Waals surface area contributed by atoms with Gasteiger partial charge in [-0.2, -0.15) is 0 Å². The summed E-state index contributed by atoms with van der Waals surface area (Å²) in [5.41, 5.74) is 0. The van der Waals surface area contributed by atoms with Gasteiger partial charge >= 0.3 is 39.5 Å². The molecule has 0 aliphatic rings. The first-order chi connectivity index (χ1) is 48.9. The van der Waals surface area contributed by atoms with Gasteiger partial charge in [-0.25, -0.2) is 9.13 Å². The predicted octanol–water partition coefficient (Wildman–Crippen LogP) is 24.7. The molecule has 0 amide bonds. The standard InChI is InChI=1S/C82H160O17P2/c1-7-9-11-13-15-17-19-20-21-22-23-24-25-29-32-35-38-42-45-52-58-64-79(84)92-70-77(98-82(87)67-61-55-47-43-39-36-33-30-27-26-28-31-34-37-40-44-50-56-62-74(3)4)72-96-100(88,89)94-68-76(83)69-95-101(90,91)97-73-78(71-93-80(85)65-59-53-49-48-51-57-63-75(5)6)99-81(86)66-60-54-46-41-18-16-14-12-10-8-2/h74-78,83H,7-73H2,1-6H3,(H,88,89)(H,90,91)/t76-,77-,78-/m1/s1. The average molecular weight is 1480 g/mol. The van der Waals surface area contributed by atoms with Crippen LogP contribution in [0.1, 0.15) is 433 Å². The molecule has 101 heavy (non-hydrogen) atoms. The third-order valence-corrected chi connectivity index (χ3v) is 21.1. The molecule has 0 aromatic rings. The number of rotatable bonds is 81. The van der Waals surface area contributed by atoms with Crippen molar-refractivity contribution in [2.24, 2.45) is 11.8 Å². The van der Waals surface area contributed by atoms with Crippen LogP contribution >= 0.6 is 15.6 Å². The van der Waals surface area contributed by atoms with Crippen LogP contribution in [0.15, 0.2) is 0 Å². The Morgan fingerprint density at radius 2 is 0.455 bits per heavy atom. The normalized spacial score (nSPS) is 13.9. The Hall–Kier alpha value is -1.94. The first kappa shape index (κ1) is 99.1. The number of esters is 4. The maximum absolute atomic E-state index is 13.1. The third kappa shape index (κ3) is 76.1. The number of hydrogen-bond donors (Lipinski definition) is 3. The summed E-state index contributed by atoms with van der Waals surface area (Å²) in [6.45, 7) is 9.57. The molecule has 0 radical (unpaired) electrons. The predicted molar refractivity (Wildman–Crippen MR) is 414 cm³/mol. The van der Waals surface area contributed by atoms with Crippen molar-refractivity contribution in [3.05, 3.63) is 0 Å². The second-order valence-electron chi connectivity index (χ2n) is 30.5. The Balaban J connectivity index is 5.16. The van der Waals surface area contributed by atoms with Crippen LogP contribution in [0.3, 0.4) is 0 Å². The fourth-order valence-electron chi connectivity index (χ4n) is 12.7. The minimum absolute atomic E-state index is 0.106. The Morgan fingerprint density at radius 1 is 0.267 bits per heavy atom. The number of ether oxygens (including phenoxy) is 4. The zero-order valence-corrected chi connectivity index (χ0v) is 68.0. The van der Waals surface area contributed by atoms with Crippen LogP contribution in [0.5, 0.6) is 0 Å². The van der Waals surface area contributed by atoms with Crippen LogP contribution in [0.25, 0.3) is 0 Å². The first-order valence-electron chi connectivity index (χ1n) is 42.5. The summed E-state index contributed by atoms with van der Waals surface area (Å²) in [6, 6.07) is 0. The summed E-state index contributed by atoms with van der Waals surface area (Å²) in [4.78, 5) is 72.9. The zero-order chi connectivity index (χ0) is 74.2. The zero-order valence-electron chi connectivity index (χ0n) is 66.2. The molecule has 0 heterocycles. The molecular formula is C82H160O17P2. The van der Waals surface area contributed by atoms with Crippen molar-refractivity contribution in [1.82, 2.24) is 0 Å². The third-order valence-electron chi connectivity index (χ3n) is 19.2. The minimum atomic E-state index is -4.96. The molecule has 0 saturated carbocycles. The largest absolute Gasteiger partial charge is 0.472 e. The second-order valence-corrected chi connectivity index (χ2v) is 33.4. The van der Waals surface area contributed by atoms with E-state index in [0.717, 1.165) is 102 Å². The second kappa shape index (κ2) is 73.6. The van der Waals surface area contributed by atoms with Gasteiger partial charge in [0.2, 0.25) is 0 Å². The van der Waals surface area contributed by atoms with Crippen molar-refractivity contribution in [3.8, 4) is 0 Å². The summed E-state index contributed by atoms with van der Waals surface area (Å²) in [5.74, 6) is -0.612. The van der Waals surface area contributed by atoms with Crippen molar-refractivity contribution >= 4 is 39.5 Å². The molecule has 0 spiro atoms. The summed E-state index contributed by atoms with van der Waals surface area (Å²) in [6.07, 6.45) is 64.3. The number of aliphatic hydroxyl groups is 1. The lowest BCUT2D eigenvalue weighted by atomic mass is 10.0. The van der Waals surface area contributed by atoms with Crippen LogP contribution in [-0.2, 0) is 65.4 Å². The van der Waals surface area contributed by atoms with Crippen LogP contribution in [0.2, 0.25) is 0 Å². The van der Waals surface area contributed by atoms with Crippen molar-refractivity contribution in [2.45, 2.75) is 452 Å². The molecule has 600 valence electrons. The Bertz CT molecular complexity index is 1940. The fourth-order valence-corrected chi connectivity index (χ4v) is 14.3. The van der Waals surface area contributed by atoms with Gasteiger partial charge in [0.1, 0.15) is 19.3 Å². The number of carbonyl (C=O) groups is 4. The molecule has 0 rings (SSSR count). The van der Waals surface area contributed by atoms with Crippen LogP contribution in [0.4, 0.5) is 0 Å². The number of hydrogen-bond acceptors (Lipinski definition) is 15. The van der Waals surface area contributed by atoms with E-state index in [0.29, 0.717) is 31.6 Å². The number of phosphoric acid groups is 2. The van der Waals surface area contributed by atoms with Crippen LogP contribution in [0, 0.1) is 11.8 Å². The Morgan fingerprint density at radius 3 is 0.673 bits per heavy atom. The van der Waals surface area contributed by atoms with E-state index in [9.17, 15) is 43.2 Å². The maximum Gasteiger partial charge on any atom is 0.472 e. The number of unbranched alkanes of at least 4 members (excludes halogenated alkanes) is 51. The highest BCUT2D eigenvalue weighted by molar-refractivity contribution is 7.47. The van der Waals surface area contributed by atoms with Crippen molar-refractivity contribution < 1.29 is 80.2 Å². The lowest BCUT2D eigenvalue weighted by Crippen LogP contribution is -2.30. The molecule has 0 aromatic heterocycles. The van der Waals surface area contributed by atoms with E-state index in [1.807, 2.05) is 0 Å². The van der Waals surface area contributed by atoms with Gasteiger partial charge < -0.3 is 33.8 Å². The molecule has 0 aromatic carbocycles. The molecule has 17 nitrogen and oxygen atoms in total. The summed E-state index contributed by atoms with van der Waals surface area (Å²) in [5, 5.41) is 10.6. The molecular weight excluding hydrogens is 1320 g/mol. The monoisotopic (exact) mass is 1480 g/mol. The van der Waals surface area contributed by atoms with Gasteiger partial charge in [0, 0.05) is 25.7 Å². The van der Waals surface area contributed by atoms with Crippen molar-refractivity contribution in [2.75, 3.05) is 39.6 Å². The van der Waals surface area contributed by atoms with E-state index in [1.165, 1.54) is 244 Å². The average Bonchev–Trinajstić information content (AvgIpc) is 0.927. The lowest BCUT2D eigenvalue weighted by Gasteiger charge is -2.21.